The average Bonchev–Trinajstić information content (AvgIpc) is 3.22. The van der Waals surface area contributed by atoms with Gasteiger partial charge < -0.3 is 10.1 Å². The highest BCUT2D eigenvalue weighted by atomic mass is 79.9. The summed E-state index contributed by atoms with van der Waals surface area (Å²) < 4.78 is 15.2. The predicted molar refractivity (Wildman–Crippen MR) is 97.4 cm³/mol. The van der Waals surface area contributed by atoms with E-state index >= 15 is 0 Å². The van der Waals surface area contributed by atoms with E-state index in [0.717, 1.165) is 21.1 Å². The first kappa shape index (κ1) is 16.0. The molecule has 0 aliphatic heterocycles. The number of halogens is 2. The van der Waals surface area contributed by atoms with E-state index in [-0.39, 0.29) is 6.61 Å². The molecular weight excluding hydrogens is 387 g/mol. The van der Waals surface area contributed by atoms with Crippen molar-refractivity contribution >= 4 is 27.0 Å². The van der Waals surface area contributed by atoms with Crippen LogP contribution in [0, 0.1) is 12.7 Å². The molecule has 0 aliphatic carbocycles. The molecule has 0 unspecified atom stereocenters. The monoisotopic (exact) mass is 400 g/mol. The lowest BCUT2D eigenvalue weighted by Gasteiger charge is -2.01. The number of aryl methyl sites for hydroxylation is 1. The summed E-state index contributed by atoms with van der Waals surface area (Å²) in [5.74, 6) is 0.215. The first-order valence-corrected chi connectivity index (χ1v) is 8.46. The van der Waals surface area contributed by atoms with Crippen molar-refractivity contribution in [2.24, 2.45) is 0 Å². The molecule has 0 aliphatic rings. The standard InChI is InChI=1S/C18H14BrFN4O/c1-9-4-15-16(6-12(9)19)22-18(21-15)17-7-14(23-24-17)11-3-2-10(8-25)5-13(11)20/h2-7,25H,8H2,1H3,(H,21,22)(H,23,24). The summed E-state index contributed by atoms with van der Waals surface area (Å²) in [7, 11) is 0. The van der Waals surface area contributed by atoms with Gasteiger partial charge in [-0.1, -0.05) is 22.0 Å². The fraction of sp³-hybridized carbons (Fsp3) is 0.111. The van der Waals surface area contributed by atoms with Crippen LogP contribution in [0.15, 0.2) is 40.9 Å². The summed E-state index contributed by atoms with van der Waals surface area (Å²) in [6.45, 7) is 1.81. The van der Waals surface area contributed by atoms with Gasteiger partial charge in [0.2, 0.25) is 0 Å². The smallest absolute Gasteiger partial charge is 0.156 e. The van der Waals surface area contributed by atoms with Gasteiger partial charge in [-0.2, -0.15) is 5.10 Å². The lowest BCUT2D eigenvalue weighted by molar-refractivity contribution is 0.281. The summed E-state index contributed by atoms with van der Waals surface area (Å²) in [6, 6.07) is 10.3. The van der Waals surface area contributed by atoms with Crippen LogP contribution in [0.4, 0.5) is 4.39 Å². The number of hydrogen-bond acceptors (Lipinski definition) is 3. The minimum Gasteiger partial charge on any atom is -0.392 e. The third-order valence-corrected chi connectivity index (χ3v) is 4.94. The molecule has 4 rings (SSSR count). The van der Waals surface area contributed by atoms with Crippen molar-refractivity contribution in [1.82, 2.24) is 20.2 Å². The Morgan fingerprint density at radius 3 is 2.80 bits per heavy atom. The lowest BCUT2D eigenvalue weighted by atomic mass is 10.1. The van der Waals surface area contributed by atoms with Gasteiger partial charge in [-0.3, -0.25) is 5.10 Å². The van der Waals surface area contributed by atoms with E-state index in [2.05, 4.69) is 36.1 Å². The number of benzene rings is 2. The predicted octanol–water partition coefficient (Wildman–Crippen LogP) is 4.32. The van der Waals surface area contributed by atoms with Crippen LogP contribution in [0.1, 0.15) is 11.1 Å². The number of hydrogen-bond donors (Lipinski definition) is 3. The Kier molecular flexibility index (Phi) is 3.89. The van der Waals surface area contributed by atoms with E-state index in [1.54, 1.807) is 18.2 Å². The molecule has 7 heteroatoms. The number of H-pyrrole nitrogens is 2. The molecule has 0 radical (unpaired) electrons. The van der Waals surface area contributed by atoms with Crippen LogP contribution in [0.3, 0.4) is 0 Å². The van der Waals surface area contributed by atoms with E-state index in [0.29, 0.717) is 28.3 Å². The normalized spacial score (nSPS) is 11.4. The molecule has 0 atom stereocenters. The molecule has 2 aromatic carbocycles. The number of aromatic nitrogens is 4. The number of nitrogens with zero attached hydrogens (tertiary/aromatic N) is 2. The van der Waals surface area contributed by atoms with Crippen molar-refractivity contribution < 1.29 is 9.50 Å². The van der Waals surface area contributed by atoms with Gasteiger partial charge in [-0.05, 0) is 48.4 Å². The Balaban J connectivity index is 1.74. The zero-order valence-corrected chi connectivity index (χ0v) is 14.9. The molecule has 2 heterocycles. The Morgan fingerprint density at radius 1 is 1.20 bits per heavy atom. The summed E-state index contributed by atoms with van der Waals surface area (Å²) in [5.41, 5.74) is 4.90. The van der Waals surface area contributed by atoms with Gasteiger partial charge in [0.05, 0.1) is 23.3 Å². The van der Waals surface area contributed by atoms with Gasteiger partial charge in [0, 0.05) is 10.0 Å². The van der Waals surface area contributed by atoms with Crippen molar-refractivity contribution in [2.45, 2.75) is 13.5 Å². The van der Waals surface area contributed by atoms with E-state index in [1.807, 2.05) is 19.1 Å². The topological polar surface area (TPSA) is 77.6 Å². The van der Waals surface area contributed by atoms with Crippen molar-refractivity contribution in [3.8, 4) is 22.8 Å². The summed E-state index contributed by atoms with van der Waals surface area (Å²) >= 11 is 3.51. The van der Waals surface area contributed by atoms with Crippen LogP contribution in [-0.4, -0.2) is 25.3 Å². The molecule has 0 amide bonds. The summed E-state index contributed by atoms with van der Waals surface area (Å²) in [5, 5.41) is 16.2. The fourth-order valence-corrected chi connectivity index (χ4v) is 3.05. The number of aliphatic hydroxyl groups excluding tert-OH is 1. The van der Waals surface area contributed by atoms with Gasteiger partial charge in [0.1, 0.15) is 11.5 Å². The molecule has 0 bridgehead atoms. The minimum absolute atomic E-state index is 0.197. The van der Waals surface area contributed by atoms with Gasteiger partial charge in [-0.25, -0.2) is 9.37 Å². The number of aliphatic hydroxyl groups is 1. The minimum atomic E-state index is -0.422. The quantitative estimate of drug-likeness (QED) is 0.479. The molecule has 25 heavy (non-hydrogen) atoms. The molecule has 0 saturated carbocycles. The number of imidazole rings is 1. The fourth-order valence-electron chi connectivity index (χ4n) is 2.71. The second-order valence-electron chi connectivity index (χ2n) is 5.84. The lowest BCUT2D eigenvalue weighted by Crippen LogP contribution is -1.89. The van der Waals surface area contributed by atoms with E-state index < -0.39 is 5.82 Å². The van der Waals surface area contributed by atoms with Gasteiger partial charge in [0.25, 0.3) is 0 Å². The van der Waals surface area contributed by atoms with Gasteiger partial charge >= 0.3 is 0 Å². The zero-order chi connectivity index (χ0) is 17.6. The highest BCUT2D eigenvalue weighted by Crippen LogP contribution is 2.28. The Labute approximate surface area is 151 Å². The number of nitrogens with one attached hydrogen (secondary N) is 2. The Morgan fingerprint density at radius 2 is 2.04 bits per heavy atom. The second kappa shape index (κ2) is 6.09. The van der Waals surface area contributed by atoms with Crippen LogP contribution < -0.4 is 0 Å². The van der Waals surface area contributed by atoms with E-state index in [4.69, 9.17) is 5.11 Å². The first-order chi connectivity index (χ1) is 12.0. The summed E-state index contributed by atoms with van der Waals surface area (Å²) in [4.78, 5) is 7.81. The molecule has 0 saturated heterocycles. The molecule has 2 aromatic heterocycles. The van der Waals surface area contributed by atoms with Crippen molar-refractivity contribution in [2.75, 3.05) is 0 Å². The molecule has 0 spiro atoms. The van der Waals surface area contributed by atoms with Crippen LogP contribution in [-0.2, 0) is 6.61 Å². The van der Waals surface area contributed by atoms with Crippen molar-refractivity contribution in [3.05, 3.63) is 57.8 Å². The van der Waals surface area contributed by atoms with Gasteiger partial charge in [0.15, 0.2) is 5.82 Å². The maximum absolute atomic E-state index is 14.2. The number of rotatable bonds is 3. The van der Waals surface area contributed by atoms with Crippen LogP contribution in [0.2, 0.25) is 0 Å². The van der Waals surface area contributed by atoms with E-state index in [1.165, 1.54) is 6.07 Å². The molecule has 126 valence electrons. The van der Waals surface area contributed by atoms with Crippen LogP contribution >= 0.6 is 15.9 Å². The average molecular weight is 401 g/mol. The second-order valence-corrected chi connectivity index (χ2v) is 6.70. The third-order valence-electron chi connectivity index (χ3n) is 4.09. The zero-order valence-electron chi connectivity index (χ0n) is 13.3. The maximum atomic E-state index is 14.2. The highest BCUT2D eigenvalue weighted by Gasteiger charge is 2.13. The maximum Gasteiger partial charge on any atom is 0.156 e. The molecular formula is C18H14BrFN4O. The molecule has 4 aromatic rings. The number of aromatic amines is 2. The first-order valence-electron chi connectivity index (χ1n) is 7.66. The molecule has 3 N–H and O–H groups in total. The van der Waals surface area contributed by atoms with Gasteiger partial charge in [-0.15, -0.1) is 0 Å². The Hall–Kier alpha value is -2.51. The SMILES string of the molecule is Cc1cc2nc(-c3cc(-c4ccc(CO)cc4F)n[nH]3)[nH]c2cc1Br. The van der Waals surface area contributed by atoms with Crippen LogP contribution in [0.25, 0.3) is 33.8 Å². The molecule has 0 fully saturated rings. The third kappa shape index (κ3) is 2.85. The number of fused-ring (bicyclic) bond motifs is 1. The summed E-state index contributed by atoms with van der Waals surface area (Å²) in [6.07, 6.45) is 0. The highest BCUT2D eigenvalue weighted by molar-refractivity contribution is 9.10. The molecule has 5 nitrogen and oxygen atoms in total. The Bertz CT molecular complexity index is 1050. The van der Waals surface area contributed by atoms with Crippen molar-refractivity contribution in [3.63, 3.8) is 0 Å². The van der Waals surface area contributed by atoms with Crippen LogP contribution in [0.5, 0.6) is 0 Å². The van der Waals surface area contributed by atoms with Crippen molar-refractivity contribution in [1.29, 1.82) is 0 Å². The largest absolute Gasteiger partial charge is 0.392 e. The van der Waals surface area contributed by atoms with E-state index in [9.17, 15) is 4.39 Å².